The highest BCUT2D eigenvalue weighted by Crippen LogP contribution is 2.35. The molecule has 1 atom stereocenters. The molecule has 1 heterocycles. The minimum absolute atomic E-state index is 0.143. The summed E-state index contributed by atoms with van der Waals surface area (Å²) >= 11 is 0. The SMILES string of the molecule is COCc1cc2c(cc1C(N)CC(=O)O)OCCO2. The third-order valence-corrected chi connectivity index (χ3v) is 2.90. The number of carbonyl (C=O) groups is 1. The van der Waals surface area contributed by atoms with Crippen molar-refractivity contribution >= 4 is 5.97 Å². The van der Waals surface area contributed by atoms with Gasteiger partial charge >= 0.3 is 5.97 Å². The maximum atomic E-state index is 10.8. The van der Waals surface area contributed by atoms with Crippen LogP contribution >= 0.6 is 0 Å². The molecule has 3 N–H and O–H groups in total. The van der Waals surface area contributed by atoms with Crippen LogP contribution in [0, 0.1) is 0 Å². The van der Waals surface area contributed by atoms with E-state index in [0.29, 0.717) is 36.9 Å². The van der Waals surface area contributed by atoms with Crippen molar-refractivity contribution in [3.8, 4) is 11.5 Å². The van der Waals surface area contributed by atoms with Crippen LogP contribution in [0.2, 0.25) is 0 Å². The molecule has 6 nitrogen and oxygen atoms in total. The second-order valence-corrected chi connectivity index (χ2v) is 4.33. The largest absolute Gasteiger partial charge is 0.486 e. The fourth-order valence-corrected chi connectivity index (χ4v) is 2.07. The molecular formula is C13H17NO5. The van der Waals surface area contributed by atoms with Gasteiger partial charge in [0.2, 0.25) is 0 Å². The molecule has 0 bridgehead atoms. The van der Waals surface area contributed by atoms with Gasteiger partial charge in [-0.3, -0.25) is 4.79 Å². The molecule has 0 fully saturated rings. The molecule has 2 rings (SSSR count). The van der Waals surface area contributed by atoms with Crippen molar-refractivity contribution in [1.82, 2.24) is 0 Å². The van der Waals surface area contributed by atoms with Gasteiger partial charge in [0.15, 0.2) is 11.5 Å². The normalized spacial score (nSPS) is 15.1. The van der Waals surface area contributed by atoms with Crippen molar-refractivity contribution < 1.29 is 24.1 Å². The van der Waals surface area contributed by atoms with Crippen LogP contribution in [-0.4, -0.2) is 31.4 Å². The number of carboxylic acids is 1. The second-order valence-electron chi connectivity index (χ2n) is 4.33. The van der Waals surface area contributed by atoms with Crippen molar-refractivity contribution in [3.05, 3.63) is 23.3 Å². The van der Waals surface area contributed by atoms with Gasteiger partial charge in [0, 0.05) is 13.2 Å². The van der Waals surface area contributed by atoms with Crippen molar-refractivity contribution in [2.45, 2.75) is 19.1 Å². The van der Waals surface area contributed by atoms with Gasteiger partial charge in [-0.25, -0.2) is 0 Å². The summed E-state index contributed by atoms with van der Waals surface area (Å²) in [4.78, 5) is 10.8. The van der Waals surface area contributed by atoms with Crippen molar-refractivity contribution in [1.29, 1.82) is 0 Å². The summed E-state index contributed by atoms with van der Waals surface area (Å²) in [7, 11) is 1.57. The molecule has 1 aliphatic heterocycles. The fraction of sp³-hybridized carbons (Fsp3) is 0.462. The molecule has 1 aromatic rings. The van der Waals surface area contributed by atoms with Gasteiger partial charge < -0.3 is 25.1 Å². The van der Waals surface area contributed by atoms with E-state index >= 15 is 0 Å². The Kier molecular flexibility index (Phi) is 4.24. The molecule has 0 saturated carbocycles. The summed E-state index contributed by atoms with van der Waals surface area (Å²) < 4.78 is 16.1. The lowest BCUT2D eigenvalue weighted by Crippen LogP contribution is -2.20. The van der Waals surface area contributed by atoms with Crippen molar-refractivity contribution in [2.24, 2.45) is 5.73 Å². The zero-order valence-electron chi connectivity index (χ0n) is 10.7. The quantitative estimate of drug-likeness (QED) is 0.829. The van der Waals surface area contributed by atoms with Gasteiger partial charge in [0.25, 0.3) is 0 Å². The lowest BCUT2D eigenvalue weighted by molar-refractivity contribution is -0.137. The first-order chi connectivity index (χ1) is 9.11. The van der Waals surface area contributed by atoms with E-state index in [0.717, 1.165) is 5.56 Å². The first-order valence-electron chi connectivity index (χ1n) is 6.00. The number of carboxylic acid groups (broad SMARTS) is 1. The van der Waals surface area contributed by atoms with E-state index in [1.165, 1.54) is 0 Å². The summed E-state index contributed by atoms with van der Waals surface area (Å²) in [6.45, 7) is 1.32. The number of hydrogen-bond acceptors (Lipinski definition) is 5. The van der Waals surface area contributed by atoms with Crippen LogP contribution < -0.4 is 15.2 Å². The van der Waals surface area contributed by atoms with Crippen LogP contribution in [0.5, 0.6) is 11.5 Å². The highest BCUT2D eigenvalue weighted by atomic mass is 16.6. The summed E-state index contributed by atoms with van der Waals surface area (Å²) in [6, 6.07) is 2.95. The van der Waals surface area contributed by atoms with E-state index in [9.17, 15) is 4.79 Å². The minimum Gasteiger partial charge on any atom is -0.486 e. The summed E-state index contributed by atoms with van der Waals surface area (Å²) in [5.41, 5.74) is 7.46. The number of fused-ring (bicyclic) bond motifs is 1. The molecule has 0 spiro atoms. The van der Waals surface area contributed by atoms with E-state index in [4.69, 9.17) is 25.1 Å². The van der Waals surface area contributed by atoms with E-state index < -0.39 is 12.0 Å². The van der Waals surface area contributed by atoms with E-state index in [1.807, 2.05) is 0 Å². The molecule has 0 aliphatic carbocycles. The van der Waals surface area contributed by atoms with Crippen LogP contribution in [0.25, 0.3) is 0 Å². The van der Waals surface area contributed by atoms with Crippen molar-refractivity contribution in [2.75, 3.05) is 20.3 Å². The van der Waals surface area contributed by atoms with Crippen molar-refractivity contribution in [3.63, 3.8) is 0 Å². The Labute approximate surface area is 111 Å². The lowest BCUT2D eigenvalue weighted by Gasteiger charge is -2.23. The Balaban J connectivity index is 2.35. The Morgan fingerprint density at radius 1 is 1.42 bits per heavy atom. The van der Waals surface area contributed by atoms with Gasteiger partial charge in [-0.15, -0.1) is 0 Å². The lowest BCUT2D eigenvalue weighted by atomic mass is 9.98. The average Bonchev–Trinajstić information content (AvgIpc) is 2.37. The number of methoxy groups -OCH3 is 1. The number of ether oxygens (including phenoxy) is 3. The molecule has 0 aromatic heterocycles. The maximum absolute atomic E-state index is 10.8. The number of aliphatic carboxylic acids is 1. The summed E-state index contributed by atoms with van der Waals surface area (Å²) in [6.07, 6.45) is -0.143. The summed E-state index contributed by atoms with van der Waals surface area (Å²) in [5.74, 6) is 0.303. The molecule has 1 unspecified atom stereocenters. The fourth-order valence-electron chi connectivity index (χ4n) is 2.07. The van der Waals surface area contributed by atoms with Crippen LogP contribution in [0.1, 0.15) is 23.6 Å². The van der Waals surface area contributed by atoms with E-state index in [1.54, 1.807) is 19.2 Å². The van der Waals surface area contributed by atoms with Crippen LogP contribution in [0.4, 0.5) is 0 Å². The molecule has 1 aromatic carbocycles. The molecule has 1 aliphatic rings. The van der Waals surface area contributed by atoms with Crippen LogP contribution in [-0.2, 0) is 16.1 Å². The second kappa shape index (κ2) is 5.90. The van der Waals surface area contributed by atoms with Crippen LogP contribution in [0.3, 0.4) is 0 Å². The molecule has 19 heavy (non-hydrogen) atoms. The van der Waals surface area contributed by atoms with Gasteiger partial charge in [0.1, 0.15) is 13.2 Å². The topological polar surface area (TPSA) is 91.0 Å². The number of benzene rings is 1. The molecule has 0 saturated heterocycles. The Morgan fingerprint density at radius 3 is 2.63 bits per heavy atom. The Morgan fingerprint density at radius 2 is 2.05 bits per heavy atom. The molecular weight excluding hydrogens is 250 g/mol. The zero-order chi connectivity index (χ0) is 13.8. The predicted octanol–water partition coefficient (Wildman–Crippen LogP) is 1.08. The highest BCUT2D eigenvalue weighted by molar-refractivity contribution is 5.68. The van der Waals surface area contributed by atoms with Gasteiger partial charge in [-0.05, 0) is 23.3 Å². The third-order valence-electron chi connectivity index (χ3n) is 2.90. The number of nitrogens with two attached hydrogens (primary N) is 1. The Hall–Kier alpha value is -1.79. The first kappa shape index (κ1) is 13.6. The maximum Gasteiger partial charge on any atom is 0.305 e. The van der Waals surface area contributed by atoms with E-state index in [-0.39, 0.29) is 6.42 Å². The monoisotopic (exact) mass is 267 g/mol. The zero-order valence-corrected chi connectivity index (χ0v) is 10.7. The third kappa shape index (κ3) is 3.15. The number of rotatable bonds is 5. The van der Waals surface area contributed by atoms with Crippen LogP contribution in [0.15, 0.2) is 12.1 Å². The predicted molar refractivity (Wildman–Crippen MR) is 67.3 cm³/mol. The highest BCUT2D eigenvalue weighted by Gasteiger charge is 2.20. The molecule has 6 heteroatoms. The standard InChI is InChI=1S/C13H17NO5/c1-17-7-8-4-11-12(19-3-2-18-11)5-9(8)10(14)6-13(15)16/h4-5,10H,2-3,6-7,14H2,1H3,(H,15,16). The number of hydrogen-bond donors (Lipinski definition) is 2. The molecule has 0 radical (unpaired) electrons. The smallest absolute Gasteiger partial charge is 0.305 e. The minimum atomic E-state index is -0.939. The molecule has 104 valence electrons. The summed E-state index contributed by atoms with van der Waals surface area (Å²) in [5, 5.41) is 8.84. The van der Waals surface area contributed by atoms with Gasteiger partial charge in [0.05, 0.1) is 13.0 Å². The van der Waals surface area contributed by atoms with Gasteiger partial charge in [-0.2, -0.15) is 0 Å². The first-order valence-corrected chi connectivity index (χ1v) is 6.00. The molecule has 0 amide bonds. The van der Waals surface area contributed by atoms with E-state index in [2.05, 4.69) is 0 Å². The average molecular weight is 267 g/mol. The Bertz CT molecular complexity index is 474. The van der Waals surface area contributed by atoms with Gasteiger partial charge in [-0.1, -0.05) is 0 Å².